The molecule has 0 spiro atoms. The van der Waals surface area contributed by atoms with Crippen LogP contribution in [0.4, 0.5) is 0 Å². The molecule has 0 bridgehead atoms. The molecule has 1 amide bonds. The smallest absolute Gasteiger partial charge is 0.253 e. The summed E-state index contributed by atoms with van der Waals surface area (Å²) < 4.78 is 6.88. The number of pyridine rings is 1. The fourth-order valence-electron chi connectivity index (χ4n) is 2.85. The van der Waals surface area contributed by atoms with Crippen molar-refractivity contribution < 1.29 is 9.32 Å². The van der Waals surface area contributed by atoms with Crippen molar-refractivity contribution >= 4 is 28.7 Å². The van der Waals surface area contributed by atoms with Crippen LogP contribution in [0.15, 0.2) is 41.1 Å². The van der Waals surface area contributed by atoms with E-state index in [1.165, 1.54) is 6.20 Å². The van der Waals surface area contributed by atoms with Gasteiger partial charge in [-0.25, -0.2) is 9.97 Å². The number of nitrogens with one attached hydrogen (secondary N) is 1. The summed E-state index contributed by atoms with van der Waals surface area (Å²) in [5, 5.41) is 7.18. The van der Waals surface area contributed by atoms with Crippen LogP contribution in [0.2, 0.25) is 5.02 Å². The summed E-state index contributed by atoms with van der Waals surface area (Å²) in [7, 11) is 1.86. The lowest BCUT2D eigenvalue weighted by molar-refractivity contribution is 0.0949. The molecule has 0 aliphatic rings. The molecular formula is C19H17ClN6O2. The largest absolute Gasteiger partial charge is 0.345 e. The lowest BCUT2D eigenvalue weighted by Gasteiger charge is -2.04. The molecule has 9 heteroatoms. The number of hydrogen-bond donors (Lipinski definition) is 1. The van der Waals surface area contributed by atoms with E-state index in [1.807, 2.05) is 42.8 Å². The van der Waals surface area contributed by atoms with Gasteiger partial charge in [-0.1, -0.05) is 35.8 Å². The van der Waals surface area contributed by atoms with E-state index in [0.29, 0.717) is 45.7 Å². The number of hydrogen-bond acceptors (Lipinski definition) is 6. The summed E-state index contributed by atoms with van der Waals surface area (Å²) in [4.78, 5) is 25.6. The van der Waals surface area contributed by atoms with Crippen molar-refractivity contribution in [1.29, 1.82) is 0 Å². The fraction of sp³-hybridized carbons (Fsp3) is 0.211. The zero-order valence-corrected chi connectivity index (χ0v) is 16.1. The second-order valence-corrected chi connectivity index (χ2v) is 6.59. The van der Waals surface area contributed by atoms with Crippen molar-refractivity contribution in [2.24, 2.45) is 7.05 Å². The van der Waals surface area contributed by atoms with Crippen molar-refractivity contribution in [2.75, 3.05) is 0 Å². The molecule has 1 aromatic carbocycles. The number of fused-ring (bicyclic) bond motifs is 1. The number of carbonyl (C=O) groups is 1. The number of imidazole rings is 1. The first kappa shape index (κ1) is 18.1. The molecule has 0 fully saturated rings. The first-order chi connectivity index (χ1) is 13.6. The van der Waals surface area contributed by atoms with Crippen LogP contribution >= 0.6 is 11.6 Å². The lowest BCUT2D eigenvalue weighted by atomic mass is 10.2. The standard InChI is InChI=1S/C19H17ClN6O2/c1-3-16-24-15(25-28-16)10-22-19(27)11-8-14-18(21-9-11)26(2)17(23-14)12-6-4-5-7-13(12)20/h4-9H,3,10H2,1-2H3,(H,22,27). The number of carbonyl (C=O) groups excluding carboxylic acids is 1. The molecule has 0 radical (unpaired) electrons. The summed E-state index contributed by atoms with van der Waals surface area (Å²) in [6, 6.07) is 9.17. The van der Waals surface area contributed by atoms with E-state index in [9.17, 15) is 4.79 Å². The zero-order valence-electron chi connectivity index (χ0n) is 15.3. The summed E-state index contributed by atoms with van der Waals surface area (Å²) in [5.41, 5.74) is 2.48. The third-order valence-electron chi connectivity index (χ3n) is 4.31. The molecule has 0 aliphatic heterocycles. The highest BCUT2D eigenvalue weighted by Gasteiger charge is 2.16. The highest BCUT2D eigenvalue weighted by molar-refractivity contribution is 6.33. The van der Waals surface area contributed by atoms with E-state index in [4.69, 9.17) is 16.1 Å². The maximum atomic E-state index is 12.5. The molecular weight excluding hydrogens is 380 g/mol. The van der Waals surface area contributed by atoms with Crippen molar-refractivity contribution in [1.82, 2.24) is 30.0 Å². The minimum absolute atomic E-state index is 0.174. The molecule has 0 atom stereocenters. The molecule has 4 aromatic rings. The Kier molecular flexibility index (Phi) is 4.79. The Hall–Kier alpha value is -3.26. The van der Waals surface area contributed by atoms with E-state index in [-0.39, 0.29) is 12.5 Å². The molecule has 8 nitrogen and oxygen atoms in total. The van der Waals surface area contributed by atoms with Gasteiger partial charge in [-0.15, -0.1) is 0 Å². The summed E-state index contributed by atoms with van der Waals surface area (Å²) in [6.45, 7) is 2.09. The summed E-state index contributed by atoms with van der Waals surface area (Å²) >= 11 is 6.29. The zero-order chi connectivity index (χ0) is 19.7. The number of aromatic nitrogens is 5. The number of amides is 1. The molecule has 3 heterocycles. The minimum atomic E-state index is -0.290. The summed E-state index contributed by atoms with van der Waals surface area (Å²) in [5.74, 6) is 1.36. The number of nitrogens with zero attached hydrogens (tertiary/aromatic N) is 5. The van der Waals surface area contributed by atoms with E-state index >= 15 is 0 Å². The Balaban J connectivity index is 1.59. The molecule has 28 heavy (non-hydrogen) atoms. The van der Waals surface area contributed by atoms with Gasteiger partial charge in [0.05, 0.1) is 17.1 Å². The van der Waals surface area contributed by atoms with Gasteiger partial charge in [-0.3, -0.25) is 4.79 Å². The number of benzene rings is 1. The van der Waals surface area contributed by atoms with Crippen molar-refractivity contribution in [3.05, 3.63) is 58.8 Å². The van der Waals surface area contributed by atoms with E-state index in [2.05, 4.69) is 25.4 Å². The number of halogens is 1. The van der Waals surface area contributed by atoms with Crippen molar-refractivity contribution in [3.8, 4) is 11.4 Å². The topological polar surface area (TPSA) is 98.7 Å². The van der Waals surface area contributed by atoms with Gasteiger partial charge < -0.3 is 14.4 Å². The van der Waals surface area contributed by atoms with Crippen LogP contribution < -0.4 is 5.32 Å². The Bertz CT molecular complexity index is 1170. The Labute approximate surface area is 165 Å². The SMILES string of the molecule is CCc1nc(CNC(=O)c2cnc3c(c2)nc(-c2ccccc2Cl)n3C)no1. The first-order valence-electron chi connectivity index (χ1n) is 8.74. The molecule has 0 saturated heterocycles. The normalized spacial score (nSPS) is 11.1. The molecule has 142 valence electrons. The lowest BCUT2D eigenvalue weighted by Crippen LogP contribution is -2.23. The predicted molar refractivity (Wildman–Crippen MR) is 104 cm³/mol. The van der Waals surface area contributed by atoms with Gasteiger partial charge in [-0.2, -0.15) is 4.98 Å². The molecule has 1 N–H and O–H groups in total. The van der Waals surface area contributed by atoms with Crippen molar-refractivity contribution in [3.63, 3.8) is 0 Å². The van der Waals surface area contributed by atoms with Crippen LogP contribution in [0.3, 0.4) is 0 Å². The van der Waals surface area contributed by atoms with Gasteiger partial charge in [0.25, 0.3) is 5.91 Å². The molecule has 4 rings (SSSR count). The van der Waals surface area contributed by atoms with Gasteiger partial charge in [-0.05, 0) is 18.2 Å². The maximum absolute atomic E-state index is 12.5. The third kappa shape index (κ3) is 3.34. The Morgan fingerprint density at radius 1 is 1.29 bits per heavy atom. The average Bonchev–Trinajstić information content (AvgIpc) is 3.30. The monoisotopic (exact) mass is 396 g/mol. The second kappa shape index (κ2) is 7.40. The Morgan fingerprint density at radius 3 is 2.86 bits per heavy atom. The fourth-order valence-corrected chi connectivity index (χ4v) is 3.07. The first-order valence-corrected chi connectivity index (χ1v) is 9.11. The van der Waals surface area contributed by atoms with Crippen molar-refractivity contribution in [2.45, 2.75) is 19.9 Å². The molecule has 0 unspecified atom stereocenters. The van der Waals surface area contributed by atoms with Crippen LogP contribution in [0.1, 0.15) is 29.0 Å². The van der Waals surface area contributed by atoms with Gasteiger partial charge >= 0.3 is 0 Å². The average molecular weight is 397 g/mol. The van der Waals surface area contributed by atoms with E-state index in [0.717, 1.165) is 5.56 Å². The predicted octanol–water partition coefficient (Wildman–Crippen LogP) is 3.16. The Morgan fingerprint density at radius 2 is 2.11 bits per heavy atom. The second-order valence-electron chi connectivity index (χ2n) is 6.18. The highest BCUT2D eigenvalue weighted by atomic mass is 35.5. The maximum Gasteiger partial charge on any atom is 0.253 e. The third-order valence-corrected chi connectivity index (χ3v) is 4.64. The molecule has 0 saturated carbocycles. The minimum Gasteiger partial charge on any atom is -0.345 e. The van der Waals surface area contributed by atoms with Crippen LogP contribution in [0, 0.1) is 0 Å². The van der Waals surface area contributed by atoms with Crippen LogP contribution in [-0.4, -0.2) is 30.6 Å². The van der Waals surface area contributed by atoms with Gasteiger partial charge in [0.15, 0.2) is 11.5 Å². The van der Waals surface area contributed by atoms with Gasteiger partial charge in [0, 0.05) is 25.2 Å². The molecule has 3 aromatic heterocycles. The van der Waals surface area contributed by atoms with Gasteiger partial charge in [0.2, 0.25) is 5.89 Å². The number of aryl methyl sites for hydroxylation is 2. The quantitative estimate of drug-likeness (QED) is 0.556. The summed E-state index contributed by atoms with van der Waals surface area (Å²) in [6.07, 6.45) is 2.17. The van der Waals surface area contributed by atoms with E-state index < -0.39 is 0 Å². The molecule has 0 aliphatic carbocycles. The van der Waals surface area contributed by atoms with Gasteiger partial charge in [0.1, 0.15) is 11.3 Å². The van der Waals surface area contributed by atoms with Crippen LogP contribution in [0.25, 0.3) is 22.6 Å². The highest BCUT2D eigenvalue weighted by Crippen LogP contribution is 2.28. The van der Waals surface area contributed by atoms with Crippen LogP contribution in [0.5, 0.6) is 0 Å². The number of rotatable bonds is 5. The van der Waals surface area contributed by atoms with E-state index in [1.54, 1.807) is 6.07 Å². The van der Waals surface area contributed by atoms with Crippen LogP contribution in [-0.2, 0) is 20.0 Å².